The molecule has 2 heterocycles. The summed E-state index contributed by atoms with van der Waals surface area (Å²) in [5, 5.41) is 7.72. The Balaban J connectivity index is 1.85. The first-order chi connectivity index (χ1) is 9.81. The van der Waals surface area contributed by atoms with Gasteiger partial charge in [-0.2, -0.15) is 0 Å². The van der Waals surface area contributed by atoms with Crippen LogP contribution < -0.4 is 5.32 Å². The summed E-state index contributed by atoms with van der Waals surface area (Å²) in [5.41, 5.74) is 0. The lowest BCUT2D eigenvalue weighted by atomic mass is 10.2. The topological polar surface area (TPSA) is 38.3 Å². The van der Waals surface area contributed by atoms with Gasteiger partial charge in [0.2, 0.25) is 0 Å². The van der Waals surface area contributed by atoms with Crippen molar-refractivity contribution in [3.05, 3.63) is 44.8 Å². The van der Waals surface area contributed by atoms with Crippen LogP contribution in [0.1, 0.15) is 35.6 Å². The number of hydrogen-bond donors (Lipinski definition) is 1. The Hall–Kier alpha value is -1.17. The predicted octanol–water partition coefficient (Wildman–Crippen LogP) is 3.83. The van der Waals surface area contributed by atoms with Gasteiger partial charge in [-0.25, -0.2) is 0 Å². The molecule has 0 bridgehead atoms. The zero-order valence-electron chi connectivity index (χ0n) is 11.5. The highest BCUT2D eigenvalue weighted by molar-refractivity contribution is 7.11. The normalized spacial score (nSPS) is 10.9. The molecule has 0 atom stereocenters. The number of ether oxygens (including phenoxy) is 1. The Morgan fingerprint density at radius 1 is 1.25 bits per heavy atom. The van der Waals surface area contributed by atoms with E-state index in [0.29, 0.717) is 13.0 Å². The molecule has 0 saturated carbocycles. The third kappa shape index (κ3) is 4.44. The smallest absolute Gasteiger partial charge is 0.305 e. The lowest BCUT2D eigenvalue weighted by molar-refractivity contribution is -0.143. The molecule has 0 aliphatic rings. The predicted molar refractivity (Wildman–Crippen MR) is 84.4 cm³/mol. The molecule has 20 heavy (non-hydrogen) atoms. The van der Waals surface area contributed by atoms with E-state index in [2.05, 4.69) is 40.3 Å². The molecular weight excluding hydrogens is 290 g/mol. The van der Waals surface area contributed by atoms with Gasteiger partial charge in [-0.15, -0.1) is 22.7 Å². The van der Waals surface area contributed by atoms with E-state index in [1.807, 2.05) is 6.92 Å². The van der Waals surface area contributed by atoms with Crippen LogP contribution in [-0.4, -0.2) is 19.1 Å². The summed E-state index contributed by atoms with van der Waals surface area (Å²) in [6, 6.07) is 8.67. The molecule has 2 aromatic heterocycles. The molecule has 0 aliphatic carbocycles. The second-order valence-electron chi connectivity index (χ2n) is 4.33. The van der Waals surface area contributed by atoms with Crippen LogP contribution in [0.5, 0.6) is 0 Å². The van der Waals surface area contributed by atoms with E-state index in [0.717, 1.165) is 13.0 Å². The molecule has 0 radical (unpaired) electrons. The molecule has 2 rings (SSSR count). The van der Waals surface area contributed by atoms with E-state index in [1.54, 1.807) is 22.7 Å². The van der Waals surface area contributed by atoms with Crippen LogP contribution in [0, 0.1) is 0 Å². The maximum atomic E-state index is 11.3. The number of hydrogen-bond acceptors (Lipinski definition) is 5. The van der Waals surface area contributed by atoms with Crippen LogP contribution in [0.3, 0.4) is 0 Å². The second kappa shape index (κ2) is 8.19. The average Bonchev–Trinajstić information content (AvgIpc) is 3.12. The number of esters is 1. The van der Waals surface area contributed by atoms with Crippen LogP contribution in [0.15, 0.2) is 35.0 Å². The number of carbonyl (C=O) groups excluding carboxylic acids is 1. The minimum absolute atomic E-state index is 0.113. The van der Waals surface area contributed by atoms with Crippen molar-refractivity contribution >= 4 is 28.6 Å². The molecule has 1 N–H and O–H groups in total. The first-order valence-electron chi connectivity index (χ1n) is 6.77. The standard InChI is InChI=1S/C15H19NO2S2/c1-2-18-14(17)8-3-9-16-15(12-6-4-10-19-12)13-7-5-11-20-13/h4-7,10-11,15-16H,2-3,8-9H2,1H3. The minimum atomic E-state index is -0.113. The third-order valence-corrected chi connectivity index (χ3v) is 4.74. The Morgan fingerprint density at radius 2 is 1.90 bits per heavy atom. The molecule has 0 aliphatic heterocycles. The van der Waals surface area contributed by atoms with Gasteiger partial charge in [0, 0.05) is 16.2 Å². The van der Waals surface area contributed by atoms with E-state index in [-0.39, 0.29) is 12.0 Å². The minimum Gasteiger partial charge on any atom is -0.466 e. The van der Waals surface area contributed by atoms with E-state index in [9.17, 15) is 4.79 Å². The summed E-state index contributed by atoms with van der Waals surface area (Å²) in [5.74, 6) is -0.113. The van der Waals surface area contributed by atoms with Crippen molar-refractivity contribution < 1.29 is 9.53 Å². The van der Waals surface area contributed by atoms with Crippen LogP contribution in [0.2, 0.25) is 0 Å². The molecule has 0 aromatic carbocycles. The van der Waals surface area contributed by atoms with Gasteiger partial charge in [0.05, 0.1) is 12.6 Å². The van der Waals surface area contributed by atoms with Crippen molar-refractivity contribution in [3.8, 4) is 0 Å². The van der Waals surface area contributed by atoms with Crippen LogP contribution in [0.25, 0.3) is 0 Å². The molecular formula is C15H19NO2S2. The van der Waals surface area contributed by atoms with E-state index < -0.39 is 0 Å². The van der Waals surface area contributed by atoms with Crippen molar-refractivity contribution in [2.24, 2.45) is 0 Å². The molecule has 0 amide bonds. The third-order valence-electron chi connectivity index (χ3n) is 2.87. The van der Waals surface area contributed by atoms with Crippen molar-refractivity contribution in [3.63, 3.8) is 0 Å². The summed E-state index contributed by atoms with van der Waals surface area (Å²) >= 11 is 3.51. The molecule has 0 saturated heterocycles. The SMILES string of the molecule is CCOC(=O)CCCNC(c1cccs1)c1cccs1. The van der Waals surface area contributed by atoms with Gasteiger partial charge in [-0.3, -0.25) is 4.79 Å². The molecule has 108 valence electrons. The van der Waals surface area contributed by atoms with Gasteiger partial charge < -0.3 is 10.1 Å². The Kier molecular flexibility index (Phi) is 6.24. The number of nitrogens with one attached hydrogen (secondary N) is 1. The van der Waals surface area contributed by atoms with Crippen molar-refractivity contribution in [1.82, 2.24) is 5.32 Å². The summed E-state index contributed by atoms with van der Waals surface area (Å²) in [7, 11) is 0. The Labute approximate surface area is 127 Å². The van der Waals surface area contributed by atoms with Gasteiger partial charge in [-0.05, 0) is 42.8 Å². The molecule has 2 aromatic rings. The molecule has 0 fully saturated rings. The highest BCUT2D eigenvalue weighted by Crippen LogP contribution is 2.28. The highest BCUT2D eigenvalue weighted by atomic mass is 32.1. The maximum Gasteiger partial charge on any atom is 0.305 e. The van der Waals surface area contributed by atoms with Gasteiger partial charge in [0.1, 0.15) is 0 Å². The largest absolute Gasteiger partial charge is 0.466 e. The van der Waals surface area contributed by atoms with Gasteiger partial charge >= 0.3 is 5.97 Å². The molecule has 0 spiro atoms. The first kappa shape index (κ1) is 15.2. The zero-order chi connectivity index (χ0) is 14.2. The lowest BCUT2D eigenvalue weighted by Gasteiger charge is -2.16. The number of rotatable bonds is 8. The Morgan fingerprint density at radius 3 is 2.40 bits per heavy atom. The van der Waals surface area contributed by atoms with Crippen LogP contribution in [0.4, 0.5) is 0 Å². The van der Waals surface area contributed by atoms with E-state index >= 15 is 0 Å². The molecule has 5 heteroatoms. The number of thiophene rings is 2. The number of carbonyl (C=O) groups is 1. The maximum absolute atomic E-state index is 11.3. The summed E-state index contributed by atoms with van der Waals surface area (Å²) in [6.45, 7) is 3.10. The highest BCUT2D eigenvalue weighted by Gasteiger charge is 2.15. The average molecular weight is 309 g/mol. The van der Waals surface area contributed by atoms with Crippen molar-refractivity contribution in [2.75, 3.05) is 13.2 Å². The fourth-order valence-corrected chi connectivity index (χ4v) is 3.67. The molecule has 3 nitrogen and oxygen atoms in total. The zero-order valence-corrected chi connectivity index (χ0v) is 13.1. The van der Waals surface area contributed by atoms with Gasteiger partial charge in [0.15, 0.2) is 0 Å². The summed E-state index contributed by atoms with van der Waals surface area (Å²) in [6.07, 6.45) is 1.27. The van der Waals surface area contributed by atoms with E-state index in [4.69, 9.17) is 4.74 Å². The van der Waals surface area contributed by atoms with Crippen molar-refractivity contribution in [2.45, 2.75) is 25.8 Å². The first-order valence-corrected chi connectivity index (χ1v) is 8.53. The summed E-state index contributed by atoms with van der Waals surface area (Å²) < 4.78 is 4.93. The fraction of sp³-hybridized carbons (Fsp3) is 0.400. The van der Waals surface area contributed by atoms with E-state index in [1.165, 1.54) is 9.75 Å². The van der Waals surface area contributed by atoms with Crippen molar-refractivity contribution in [1.29, 1.82) is 0 Å². The van der Waals surface area contributed by atoms with Gasteiger partial charge in [-0.1, -0.05) is 12.1 Å². The quantitative estimate of drug-likeness (QED) is 0.595. The second-order valence-corrected chi connectivity index (χ2v) is 6.29. The van der Waals surface area contributed by atoms with Crippen LogP contribution in [-0.2, 0) is 9.53 Å². The summed E-state index contributed by atoms with van der Waals surface area (Å²) in [4.78, 5) is 13.9. The monoisotopic (exact) mass is 309 g/mol. The molecule has 0 unspecified atom stereocenters. The fourth-order valence-electron chi connectivity index (χ4n) is 1.96. The van der Waals surface area contributed by atoms with Crippen LogP contribution >= 0.6 is 22.7 Å². The van der Waals surface area contributed by atoms with Gasteiger partial charge in [0.25, 0.3) is 0 Å². The lowest BCUT2D eigenvalue weighted by Crippen LogP contribution is -2.22. The Bertz CT molecular complexity index is 460.